The number of hydrogen-bond donors (Lipinski definition) is 1. The van der Waals surface area contributed by atoms with Crippen molar-refractivity contribution in [1.29, 1.82) is 0 Å². The summed E-state index contributed by atoms with van der Waals surface area (Å²) in [5, 5.41) is 11.6. The van der Waals surface area contributed by atoms with Crippen molar-refractivity contribution >= 4 is 32.6 Å². The molecule has 1 heterocycles. The first-order valence-electron chi connectivity index (χ1n) is 6.74. The number of hydrogen-bond acceptors (Lipinski definition) is 3. The van der Waals surface area contributed by atoms with Crippen LogP contribution in [-0.4, -0.2) is 23.0 Å². The standard InChI is InChI=1S/C17H14BrNO3/c1-19(17(21)13-6-7-22-10-13)9-11-2-4-14-12(8-11)3-5-15(20)16(14)18/h2-8,10,20H,9H2,1H3. The molecule has 0 spiro atoms. The van der Waals surface area contributed by atoms with Crippen LogP contribution < -0.4 is 0 Å². The first kappa shape index (κ1) is 14.7. The first-order chi connectivity index (χ1) is 10.6. The van der Waals surface area contributed by atoms with Gasteiger partial charge in [0.1, 0.15) is 12.0 Å². The molecule has 0 saturated carbocycles. The Bertz CT molecular complexity index is 827. The number of nitrogens with zero attached hydrogens (tertiary/aromatic N) is 1. The molecule has 0 atom stereocenters. The van der Waals surface area contributed by atoms with Crippen molar-refractivity contribution in [2.45, 2.75) is 6.54 Å². The molecule has 0 aliphatic carbocycles. The number of fused-ring (bicyclic) bond motifs is 1. The second-order valence-corrected chi connectivity index (χ2v) is 5.92. The largest absolute Gasteiger partial charge is 0.507 e. The number of carbonyl (C=O) groups excluding carboxylic acids is 1. The highest BCUT2D eigenvalue weighted by atomic mass is 79.9. The maximum Gasteiger partial charge on any atom is 0.257 e. The van der Waals surface area contributed by atoms with Crippen molar-refractivity contribution in [3.05, 3.63) is 64.5 Å². The van der Waals surface area contributed by atoms with Crippen LogP contribution in [0, 0.1) is 0 Å². The van der Waals surface area contributed by atoms with Crippen LogP contribution in [0.25, 0.3) is 10.8 Å². The summed E-state index contributed by atoms with van der Waals surface area (Å²) in [5.74, 6) is 0.133. The van der Waals surface area contributed by atoms with E-state index in [2.05, 4.69) is 15.9 Å². The molecule has 5 heteroatoms. The Hall–Kier alpha value is -2.27. The molecule has 0 saturated heterocycles. The van der Waals surface area contributed by atoms with E-state index in [0.29, 0.717) is 16.6 Å². The summed E-state index contributed by atoms with van der Waals surface area (Å²) in [6, 6.07) is 11.1. The number of phenols is 1. The number of halogens is 1. The molecule has 3 rings (SSSR count). The zero-order valence-electron chi connectivity index (χ0n) is 11.9. The molecule has 4 nitrogen and oxygen atoms in total. The number of furan rings is 1. The van der Waals surface area contributed by atoms with Gasteiger partial charge in [-0.05, 0) is 50.5 Å². The van der Waals surface area contributed by atoms with Gasteiger partial charge in [-0.25, -0.2) is 0 Å². The summed E-state index contributed by atoms with van der Waals surface area (Å²) in [4.78, 5) is 13.8. The third-order valence-electron chi connectivity index (χ3n) is 3.53. The smallest absolute Gasteiger partial charge is 0.257 e. The van der Waals surface area contributed by atoms with Gasteiger partial charge >= 0.3 is 0 Å². The molecule has 1 amide bonds. The van der Waals surface area contributed by atoms with Crippen LogP contribution in [0.3, 0.4) is 0 Å². The van der Waals surface area contributed by atoms with Gasteiger partial charge in [0.25, 0.3) is 5.91 Å². The molecule has 0 aliphatic heterocycles. The first-order valence-corrected chi connectivity index (χ1v) is 7.53. The normalized spacial score (nSPS) is 10.8. The van der Waals surface area contributed by atoms with E-state index in [-0.39, 0.29) is 11.7 Å². The quantitative estimate of drug-likeness (QED) is 0.763. The number of aromatic hydroxyl groups is 1. The van der Waals surface area contributed by atoms with E-state index in [1.807, 2.05) is 24.3 Å². The van der Waals surface area contributed by atoms with Gasteiger partial charge in [0.05, 0.1) is 16.3 Å². The molecule has 2 aromatic carbocycles. The van der Waals surface area contributed by atoms with Crippen LogP contribution in [0.2, 0.25) is 0 Å². The Labute approximate surface area is 136 Å². The predicted molar refractivity (Wildman–Crippen MR) is 87.8 cm³/mol. The van der Waals surface area contributed by atoms with Crippen LogP contribution in [-0.2, 0) is 6.54 Å². The zero-order valence-corrected chi connectivity index (χ0v) is 13.5. The van der Waals surface area contributed by atoms with E-state index >= 15 is 0 Å². The van der Waals surface area contributed by atoms with Crippen molar-refractivity contribution in [2.75, 3.05) is 7.05 Å². The van der Waals surface area contributed by atoms with Crippen molar-refractivity contribution in [2.24, 2.45) is 0 Å². The topological polar surface area (TPSA) is 53.7 Å². The average Bonchev–Trinajstić information content (AvgIpc) is 3.04. The Kier molecular flexibility index (Phi) is 3.90. The highest BCUT2D eigenvalue weighted by molar-refractivity contribution is 9.10. The lowest BCUT2D eigenvalue weighted by molar-refractivity contribution is 0.0784. The number of amides is 1. The van der Waals surface area contributed by atoms with E-state index < -0.39 is 0 Å². The van der Waals surface area contributed by atoms with Gasteiger partial charge in [0.2, 0.25) is 0 Å². The van der Waals surface area contributed by atoms with E-state index in [4.69, 9.17) is 4.42 Å². The van der Waals surface area contributed by atoms with E-state index in [1.165, 1.54) is 12.5 Å². The molecule has 0 bridgehead atoms. The molecule has 1 N–H and O–H groups in total. The Balaban J connectivity index is 1.85. The molecule has 112 valence electrons. The summed E-state index contributed by atoms with van der Waals surface area (Å²) in [6.07, 6.45) is 2.93. The van der Waals surface area contributed by atoms with Crippen molar-refractivity contribution < 1.29 is 14.3 Å². The van der Waals surface area contributed by atoms with Crippen molar-refractivity contribution in [3.63, 3.8) is 0 Å². The molecule has 0 unspecified atom stereocenters. The average molecular weight is 360 g/mol. The van der Waals surface area contributed by atoms with Crippen LogP contribution in [0.1, 0.15) is 15.9 Å². The highest BCUT2D eigenvalue weighted by Crippen LogP contribution is 2.32. The monoisotopic (exact) mass is 359 g/mol. The number of benzene rings is 2. The summed E-state index contributed by atoms with van der Waals surface area (Å²) in [7, 11) is 1.76. The third-order valence-corrected chi connectivity index (χ3v) is 4.37. The SMILES string of the molecule is CN(Cc1ccc2c(Br)c(O)ccc2c1)C(=O)c1ccoc1. The van der Waals surface area contributed by atoms with Crippen LogP contribution in [0.4, 0.5) is 0 Å². The lowest BCUT2D eigenvalue weighted by atomic mass is 10.1. The Morgan fingerprint density at radius 2 is 2.09 bits per heavy atom. The van der Waals surface area contributed by atoms with Gasteiger partial charge in [-0.3, -0.25) is 4.79 Å². The molecule has 0 radical (unpaired) electrons. The lowest BCUT2D eigenvalue weighted by Gasteiger charge is -2.17. The fraction of sp³-hybridized carbons (Fsp3) is 0.118. The molecule has 3 aromatic rings. The molecule has 1 aromatic heterocycles. The van der Waals surface area contributed by atoms with E-state index in [0.717, 1.165) is 16.3 Å². The molecule has 0 fully saturated rings. The molecule has 0 aliphatic rings. The lowest BCUT2D eigenvalue weighted by Crippen LogP contribution is -2.25. The number of phenolic OH excluding ortho intramolecular Hbond substituents is 1. The number of carbonyl (C=O) groups is 1. The van der Waals surface area contributed by atoms with E-state index in [9.17, 15) is 9.90 Å². The maximum atomic E-state index is 12.2. The van der Waals surface area contributed by atoms with Crippen LogP contribution in [0.5, 0.6) is 5.75 Å². The summed E-state index contributed by atoms with van der Waals surface area (Å²) >= 11 is 3.38. The van der Waals surface area contributed by atoms with Crippen molar-refractivity contribution in [3.8, 4) is 5.75 Å². The maximum absolute atomic E-state index is 12.2. The number of rotatable bonds is 3. The fourth-order valence-electron chi connectivity index (χ4n) is 2.38. The highest BCUT2D eigenvalue weighted by Gasteiger charge is 2.13. The second-order valence-electron chi connectivity index (χ2n) is 5.13. The van der Waals surface area contributed by atoms with Gasteiger partial charge < -0.3 is 14.4 Å². The van der Waals surface area contributed by atoms with Gasteiger partial charge in [0.15, 0.2) is 0 Å². The summed E-state index contributed by atoms with van der Waals surface area (Å²) < 4.78 is 5.62. The summed E-state index contributed by atoms with van der Waals surface area (Å²) in [5.41, 5.74) is 1.56. The Morgan fingerprint density at radius 3 is 2.82 bits per heavy atom. The second kappa shape index (κ2) is 5.85. The van der Waals surface area contributed by atoms with Gasteiger partial charge in [-0.15, -0.1) is 0 Å². The van der Waals surface area contributed by atoms with Crippen molar-refractivity contribution in [1.82, 2.24) is 4.90 Å². The Morgan fingerprint density at radius 1 is 1.27 bits per heavy atom. The molecular formula is C17H14BrNO3. The molecule has 22 heavy (non-hydrogen) atoms. The predicted octanol–water partition coefficient (Wildman–Crippen LogP) is 4.17. The third kappa shape index (κ3) is 2.72. The zero-order chi connectivity index (χ0) is 15.7. The van der Waals surface area contributed by atoms with Crippen LogP contribution >= 0.6 is 15.9 Å². The minimum absolute atomic E-state index is 0.0827. The molecular weight excluding hydrogens is 346 g/mol. The van der Waals surface area contributed by atoms with Gasteiger partial charge in [0, 0.05) is 13.6 Å². The van der Waals surface area contributed by atoms with E-state index in [1.54, 1.807) is 24.1 Å². The minimum atomic E-state index is -0.0827. The fourth-order valence-corrected chi connectivity index (χ4v) is 2.87. The summed E-state index contributed by atoms with van der Waals surface area (Å²) in [6.45, 7) is 0.498. The van der Waals surface area contributed by atoms with Gasteiger partial charge in [-0.1, -0.05) is 18.2 Å². The minimum Gasteiger partial charge on any atom is -0.507 e. The van der Waals surface area contributed by atoms with Gasteiger partial charge in [-0.2, -0.15) is 0 Å². The van der Waals surface area contributed by atoms with Crippen LogP contribution in [0.15, 0.2) is 57.8 Å².